The van der Waals surface area contributed by atoms with Crippen LogP contribution in [0, 0.1) is 0 Å². The zero-order valence-corrected chi connectivity index (χ0v) is 12.4. The minimum absolute atomic E-state index is 0.0485. The molecule has 1 aliphatic heterocycles. The molecule has 0 amide bonds. The number of rotatable bonds is 5. The molecule has 7 heteroatoms. The molecule has 0 aliphatic carbocycles. The fraction of sp³-hybridized carbons (Fsp3) is 0.357. The molecule has 0 spiro atoms. The summed E-state index contributed by atoms with van der Waals surface area (Å²) in [6.45, 7) is 0.981. The van der Waals surface area contributed by atoms with Crippen molar-refractivity contribution < 1.29 is 23.1 Å². The highest BCUT2D eigenvalue weighted by molar-refractivity contribution is 7.89. The van der Waals surface area contributed by atoms with Gasteiger partial charge >= 0.3 is 0 Å². The van der Waals surface area contributed by atoms with Gasteiger partial charge < -0.3 is 14.6 Å². The molecule has 1 saturated heterocycles. The molecule has 0 aromatic heterocycles. The Morgan fingerprint density at radius 2 is 2.00 bits per heavy atom. The smallest absolute Gasteiger partial charge is 0.246 e. The van der Waals surface area contributed by atoms with Crippen LogP contribution in [-0.4, -0.2) is 38.9 Å². The quantitative estimate of drug-likeness (QED) is 0.727. The van der Waals surface area contributed by atoms with E-state index in [1.54, 1.807) is 6.07 Å². The van der Waals surface area contributed by atoms with Gasteiger partial charge in [0.1, 0.15) is 10.6 Å². The topological polar surface area (TPSA) is 86.7 Å². The summed E-state index contributed by atoms with van der Waals surface area (Å²) >= 11 is 0. The molecule has 1 aromatic rings. The maximum Gasteiger partial charge on any atom is 0.246 e. The second kappa shape index (κ2) is 6.28. The van der Waals surface area contributed by atoms with Gasteiger partial charge in [-0.1, -0.05) is 12.1 Å². The molecular formula is C14H16NO5S-. The summed E-state index contributed by atoms with van der Waals surface area (Å²) in [6.07, 6.45) is 3.82. The SMILES string of the molecule is COc1ccc(C=CC(=O)[O-])cc1S(=O)(=O)N1CCCC1. The first kappa shape index (κ1) is 15.5. The van der Waals surface area contributed by atoms with E-state index in [0.29, 0.717) is 18.7 Å². The van der Waals surface area contributed by atoms with Gasteiger partial charge in [0, 0.05) is 13.1 Å². The van der Waals surface area contributed by atoms with Crippen LogP contribution in [0.25, 0.3) is 6.08 Å². The van der Waals surface area contributed by atoms with E-state index in [9.17, 15) is 18.3 Å². The predicted molar refractivity (Wildman–Crippen MR) is 75.0 cm³/mol. The molecule has 21 heavy (non-hydrogen) atoms. The zero-order chi connectivity index (χ0) is 15.5. The molecule has 0 N–H and O–H groups in total. The molecule has 0 radical (unpaired) electrons. The first-order valence-corrected chi connectivity index (χ1v) is 7.96. The molecule has 1 aliphatic rings. The standard InChI is InChI=1S/C14H17NO5S/c1-20-12-6-4-11(5-7-14(16)17)10-13(12)21(18,19)15-8-2-3-9-15/h4-7,10H,2-3,8-9H2,1H3,(H,16,17)/p-1. The summed E-state index contributed by atoms with van der Waals surface area (Å²) in [4.78, 5) is 10.5. The fourth-order valence-electron chi connectivity index (χ4n) is 2.23. The summed E-state index contributed by atoms with van der Waals surface area (Å²) in [5, 5.41) is 10.4. The molecule has 1 heterocycles. The summed E-state index contributed by atoms with van der Waals surface area (Å²) in [5.41, 5.74) is 0.456. The van der Waals surface area contributed by atoms with Gasteiger partial charge in [-0.05, 0) is 36.6 Å². The number of carboxylic acid groups (broad SMARTS) is 1. The Kier molecular flexibility index (Phi) is 4.64. The Hall–Kier alpha value is -1.86. The Morgan fingerprint density at radius 1 is 1.33 bits per heavy atom. The van der Waals surface area contributed by atoms with Gasteiger partial charge in [0.25, 0.3) is 0 Å². The number of aliphatic carboxylic acids is 1. The summed E-state index contributed by atoms with van der Waals surface area (Å²) in [6, 6.07) is 4.51. The van der Waals surface area contributed by atoms with E-state index in [4.69, 9.17) is 4.74 Å². The van der Waals surface area contributed by atoms with Crippen LogP contribution >= 0.6 is 0 Å². The van der Waals surface area contributed by atoms with Crippen molar-refractivity contribution in [2.75, 3.05) is 20.2 Å². The average Bonchev–Trinajstić information content (AvgIpc) is 2.99. The monoisotopic (exact) mass is 310 g/mol. The van der Waals surface area contributed by atoms with E-state index in [2.05, 4.69) is 0 Å². The molecular weight excluding hydrogens is 294 g/mol. The second-order valence-electron chi connectivity index (χ2n) is 4.67. The van der Waals surface area contributed by atoms with Gasteiger partial charge in [0.15, 0.2) is 0 Å². The number of carbonyl (C=O) groups excluding carboxylic acids is 1. The van der Waals surface area contributed by atoms with Gasteiger partial charge in [-0.25, -0.2) is 8.42 Å². The van der Waals surface area contributed by atoms with E-state index in [1.807, 2.05) is 0 Å². The van der Waals surface area contributed by atoms with Crippen LogP contribution in [0.1, 0.15) is 18.4 Å². The fourth-order valence-corrected chi connectivity index (χ4v) is 3.94. The number of carboxylic acids is 1. The molecule has 6 nitrogen and oxygen atoms in total. The molecule has 0 unspecified atom stereocenters. The van der Waals surface area contributed by atoms with Gasteiger partial charge in [-0.2, -0.15) is 4.31 Å². The Labute approximate surface area is 123 Å². The maximum absolute atomic E-state index is 12.6. The molecule has 2 rings (SSSR count). The molecule has 0 saturated carbocycles. The first-order valence-electron chi connectivity index (χ1n) is 6.52. The summed E-state index contributed by atoms with van der Waals surface area (Å²) in [7, 11) is -2.23. The highest BCUT2D eigenvalue weighted by atomic mass is 32.2. The zero-order valence-electron chi connectivity index (χ0n) is 11.6. The number of methoxy groups -OCH3 is 1. The third-order valence-electron chi connectivity index (χ3n) is 3.28. The van der Waals surface area contributed by atoms with Crippen molar-refractivity contribution in [3.63, 3.8) is 0 Å². The van der Waals surface area contributed by atoms with Gasteiger partial charge in [0.2, 0.25) is 10.0 Å². The molecule has 0 bridgehead atoms. The van der Waals surface area contributed by atoms with Crippen LogP contribution < -0.4 is 9.84 Å². The van der Waals surface area contributed by atoms with E-state index in [-0.39, 0.29) is 10.6 Å². The van der Waals surface area contributed by atoms with Crippen molar-refractivity contribution in [3.05, 3.63) is 29.8 Å². The second-order valence-corrected chi connectivity index (χ2v) is 6.58. The molecule has 1 fully saturated rings. The highest BCUT2D eigenvalue weighted by Gasteiger charge is 2.29. The lowest BCUT2D eigenvalue weighted by Crippen LogP contribution is -2.28. The van der Waals surface area contributed by atoms with Crippen LogP contribution in [0.15, 0.2) is 29.2 Å². The first-order chi connectivity index (χ1) is 9.95. The summed E-state index contributed by atoms with van der Waals surface area (Å²) in [5.74, 6) is -1.10. The number of hydrogen-bond donors (Lipinski definition) is 0. The van der Waals surface area contributed by atoms with Crippen molar-refractivity contribution in [2.24, 2.45) is 0 Å². The Morgan fingerprint density at radius 3 is 2.57 bits per heavy atom. The number of hydrogen-bond acceptors (Lipinski definition) is 5. The van der Waals surface area contributed by atoms with Gasteiger partial charge in [-0.3, -0.25) is 0 Å². The Balaban J connectivity index is 2.44. The van der Waals surface area contributed by atoms with E-state index in [1.165, 1.54) is 29.6 Å². The minimum atomic E-state index is -3.63. The van der Waals surface area contributed by atoms with Crippen LogP contribution in [0.4, 0.5) is 0 Å². The lowest BCUT2D eigenvalue weighted by atomic mass is 10.2. The number of nitrogens with zero attached hydrogens (tertiary/aromatic N) is 1. The molecule has 114 valence electrons. The lowest BCUT2D eigenvalue weighted by Gasteiger charge is -2.18. The van der Waals surface area contributed by atoms with Gasteiger partial charge in [0.05, 0.1) is 13.1 Å². The predicted octanol–water partition coefficient (Wildman–Crippen LogP) is 0.243. The third kappa shape index (κ3) is 3.43. The van der Waals surface area contributed by atoms with Crippen molar-refractivity contribution in [2.45, 2.75) is 17.7 Å². The number of benzene rings is 1. The third-order valence-corrected chi connectivity index (χ3v) is 5.20. The van der Waals surface area contributed by atoms with E-state index < -0.39 is 16.0 Å². The Bertz CT molecular complexity index is 660. The van der Waals surface area contributed by atoms with E-state index >= 15 is 0 Å². The summed E-state index contributed by atoms with van der Waals surface area (Å²) < 4.78 is 31.7. The van der Waals surface area contributed by atoms with Crippen molar-refractivity contribution >= 4 is 22.1 Å². The maximum atomic E-state index is 12.6. The normalized spacial score (nSPS) is 16.4. The van der Waals surface area contributed by atoms with Crippen molar-refractivity contribution in [3.8, 4) is 5.75 Å². The molecule has 0 atom stereocenters. The highest BCUT2D eigenvalue weighted by Crippen LogP contribution is 2.30. The van der Waals surface area contributed by atoms with E-state index in [0.717, 1.165) is 18.9 Å². The number of carbonyl (C=O) groups is 1. The van der Waals surface area contributed by atoms with Crippen molar-refractivity contribution in [1.82, 2.24) is 4.31 Å². The van der Waals surface area contributed by atoms with Gasteiger partial charge in [-0.15, -0.1) is 0 Å². The van der Waals surface area contributed by atoms with Crippen LogP contribution in [0.2, 0.25) is 0 Å². The van der Waals surface area contributed by atoms with Crippen LogP contribution in [0.5, 0.6) is 5.75 Å². The minimum Gasteiger partial charge on any atom is -0.545 e. The molecule has 1 aromatic carbocycles. The van der Waals surface area contributed by atoms with Crippen LogP contribution in [0.3, 0.4) is 0 Å². The largest absolute Gasteiger partial charge is 0.545 e. The lowest BCUT2D eigenvalue weighted by molar-refractivity contribution is -0.297. The average molecular weight is 310 g/mol. The number of ether oxygens (including phenoxy) is 1. The van der Waals surface area contributed by atoms with Crippen molar-refractivity contribution in [1.29, 1.82) is 0 Å². The number of sulfonamides is 1. The van der Waals surface area contributed by atoms with Crippen LogP contribution in [-0.2, 0) is 14.8 Å².